The summed E-state index contributed by atoms with van der Waals surface area (Å²) in [5, 5.41) is 4.00. The summed E-state index contributed by atoms with van der Waals surface area (Å²) in [5.41, 5.74) is 1.69. The van der Waals surface area contributed by atoms with E-state index in [1.165, 1.54) is 6.33 Å². The summed E-state index contributed by atoms with van der Waals surface area (Å²) in [4.78, 5) is 3.40. The first-order valence-corrected chi connectivity index (χ1v) is 8.77. The first-order chi connectivity index (χ1) is 11.9. The fourth-order valence-corrected chi connectivity index (χ4v) is 3.27. The fraction of sp³-hybridized carbons (Fsp3) is 0.125. The van der Waals surface area contributed by atoms with Crippen molar-refractivity contribution in [2.45, 2.75) is 18.0 Å². The van der Waals surface area contributed by atoms with Crippen LogP contribution in [0.15, 0.2) is 60.0 Å². The maximum Gasteiger partial charge on any atom is 0.241 e. The van der Waals surface area contributed by atoms with Gasteiger partial charge in [0.25, 0.3) is 0 Å². The Bertz CT molecular complexity index is 938. The van der Waals surface area contributed by atoms with Crippen molar-refractivity contribution < 1.29 is 17.2 Å². The van der Waals surface area contributed by atoms with Crippen molar-refractivity contribution in [1.29, 1.82) is 0 Å². The van der Waals surface area contributed by atoms with Crippen LogP contribution < -0.4 is 4.72 Å². The number of sulfonamides is 1. The highest BCUT2D eigenvalue weighted by atomic mass is 32.2. The van der Waals surface area contributed by atoms with Crippen LogP contribution in [0, 0.1) is 11.6 Å². The lowest BCUT2D eigenvalue weighted by atomic mass is 10.1. The molecule has 0 aliphatic rings. The molecule has 0 unspecified atom stereocenters. The summed E-state index contributed by atoms with van der Waals surface area (Å²) < 4.78 is 54.6. The lowest BCUT2D eigenvalue weighted by Gasteiger charge is -2.08. The van der Waals surface area contributed by atoms with E-state index in [0.717, 1.165) is 17.7 Å². The Morgan fingerprint density at radius 2 is 1.64 bits per heavy atom. The van der Waals surface area contributed by atoms with Crippen LogP contribution in [0.25, 0.3) is 0 Å². The van der Waals surface area contributed by atoms with Crippen molar-refractivity contribution in [3.05, 3.63) is 77.9 Å². The van der Waals surface area contributed by atoms with Crippen molar-refractivity contribution in [3.63, 3.8) is 0 Å². The third-order valence-corrected chi connectivity index (χ3v) is 4.83. The van der Waals surface area contributed by atoms with E-state index >= 15 is 0 Å². The second-order valence-corrected chi connectivity index (χ2v) is 7.11. The molecule has 0 aliphatic heterocycles. The third-order valence-electron chi connectivity index (χ3n) is 3.45. The van der Waals surface area contributed by atoms with Crippen LogP contribution in [0.2, 0.25) is 0 Å². The predicted octanol–water partition coefficient (Wildman–Crippen LogP) is 2.08. The zero-order valence-corrected chi connectivity index (χ0v) is 13.7. The highest BCUT2D eigenvalue weighted by molar-refractivity contribution is 7.89. The molecule has 0 bridgehead atoms. The van der Waals surface area contributed by atoms with Crippen molar-refractivity contribution in [2.75, 3.05) is 0 Å². The van der Waals surface area contributed by atoms with Crippen molar-refractivity contribution >= 4 is 10.0 Å². The van der Waals surface area contributed by atoms with E-state index in [2.05, 4.69) is 14.8 Å². The van der Waals surface area contributed by atoms with E-state index in [4.69, 9.17) is 0 Å². The zero-order valence-electron chi connectivity index (χ0n) is 12.9. The average Bonchev–Trinajstić information content (AvgIpc) is 3.06. The lowest BCUT2D eigenvalue weighted by Crippen LogP contribution is -2.23. The van der Waals surface area contributed by atoms with E-state index in [9.17, 15) is 17.2 Å². The maximum atomic E-state index is 13.2. The van der Waals surface area contributed by atoms with Crippen molar-refractivity contribution in [1.82, 2.24) is 19.5 Å². The quantitative estimate of drug-likeness (QED) is 0.727. The van der Waals surface area contributed by atoms with E-state index in [1.54, 1.807) is 23.1 Å². The van der Waals surface area contributed by atoms with Crippen LogP contribution in [0.4, 0.5) is 8.78 Å². The van der Waals surface area contributed by atoms with Gasteiger partial charge in [0, 0.05) is 12.6 Å². The summed E-state index contributed by atoms with van der Waals surface area (Å²) in [6.45, 7) is 0.554. The minimum atomic E-state index is -4.01. The summed E-state index contributed by atoms with van der Waals surface area (Å²) in [5.74, 6) is -1.89. The Kier molecular flexibility index (Phi) is 4.86. The lowest BCUT2D eigenvalue weighted by molar-refractivity contribution is 0.561. The topological polar surface area (TPSA) is 76.9 Å². The molecule has 0 saturated heterocycles. The molecule has 9 heteroatoms. The number of benzene rings is 2. The van der Waals surface area contributed by atoms with Gasteiger partial charge in [0.1, 0.15) is 24.3 Å². The molecular weight excluding hydrogens is 350 g/mol. The molecule has 1 aromatic heterocycles. The number of hydrogen-bond donors (Lipinski definition) is 1. The van der Waals surface area contributed by atoms with Gasteiger partial charge < -0.3 is 0 Å². The SMILES string of the molecule is O=S(=O)(NCc1ccc(Cn2cncn2)cc1)c1cc(F)cc(F)c1. The maximum absolute atomic E-state index is 13.2. The van der Waals surface area contributed by atoms with Gasteiger partial charge in [-0.05, 0) is 23.3 Å². The van der Waals surface area contributed by atoms with E-state index < -0.39 is 26.6 Å². The van der Waals surface area contributed by atoms with Gasteiger partial charge in [0.2, 0.25) is 10.0 Å². The predicted molar refractivity (Wildman–Crippen MR) is 85.9 cm³/mol. The molecule has 0 fully saturated rings. The highest BCUT2D eigenvalue weighted by Gasteiger charge is 2.16. The van der Waals surface area contributed by atoms with E-state index in [-0.39, 0.29) is 6.54 Å². The molecule has 1 N–H and O–H groups in total. The Morgan fingerprint density at radius 1 is 1.00 bits per heavy atom. The molecule has 0 spiro atoms. The number of aromatic nitrogens is 3. The van der Waals surface area contributed by atoms with Crippen LogP contribution in [-0.2, 0) is 23.1 Å². The Balaban J connectivity index is 1.66. The van der Waals surface area contributed by atoms with Gasteiger partial charge >= 0.3 is 0 Å². The number of rotatable bonds is 6. The Labute approximate surface area is 143 Å². The Morgan fingerprint density at radius 3 is 2.24 bits per heavy atom. The Hall–Kier alpha value is -2.65. The van der Waals surface area contributed by atoms with Crippen LogP contribution in [0.1, 0.15) is 11.1 Å². The summed E-state index contributed by atoms with van der Waals surface area (Å²) in [6, 6.07) is 9.37. The molecule has 1 heterocycles. The summed E-state index contributed by atoms with van der Waals surface area (Å²) in [7, 11) is -4.01. The molecule has 0 aliphatic carbocycles. The van der Waals surface area contributed by atoms with Crippen LogP contribution in [0.3, 0.4) is 0 Å². The molecule has 0 saturated carbocycles. The second-order valence-electron chi connectivity index (χ2n) is 5.34. The highest BCUT2D eigenvalue weighted by Crippen LogP contribution is 2.14. The van der Waals surface area contributed by atoms with Gasteiger partial charge in [-0.15, -0.1) is 0 Å². The summed E-state index contributed by atoms with van der Waals surface area (Å²) in [6.07, 6.45) is 3.04. The second kappa shape index (κ2) is 7.08. The molecule has 130 valence electrons. The minimum Gasteiger partial charge on any atom is -0.249 e. The number of nitrogens with zero attached hydrogens (tertiary/aromatic N) is 3. The molecule has 0 radical (unpaired) electrons. The number of halogens is 2. The minimum absolute atomic E-state index is 0.00404. The average molecular weight is 364 g/mol. The van der Waals surface area contributed by atoms with Crippen LogP contribution >= 0.6 is 0 Å². The number of nitrogens with one attached hydrogen (secondary N) is 1. The smallest absolute Gasteiger partial charge is 0.241 e. The normalized spacial score (nSPS) is 11.6. The fourth-order valence-electron chi connectivity index (χ4n) is 2.21. The summed E-state index contributed by atoms with van der Waals surface area (Å²) >= 11 is 0. The molecule has 6 nitrogen and oxygen atoms in total. The van der Waals surface area contributed by atoms with Gasteiger partial charge in [-0.3, -0.25) is 0 Å². The van der Waals surface area contributed by atoms with Crippen LogP contribution in [-0.4, -0.2) is 23.2 Å². The monoisotopic (exact) mass is 364 g/mol. The molecule has 2 aromatic carbocycles. The van der Waals surface area contributed by atoms with Crippen molar-refractivity contribution in [2.24, 2.45) is 0 Å². The van der Waals surface area contributed by atoms with Gasteiger partial charge in [0.15, 0.2) is 0 Å². The first-order valence-electron chi connectivity index (χ1n) is 7.28. The van der Waals surface area contributed by atoms with E-state index in [1.807, 2.05) is 12.1 Å². The molecule has 3 rings (SSSR count). The van der Waals surface area contributed by atoms with Crippen LogP contribution in [0.5, 0.6) is 0 Å². The van der Waals surface area contributed by atoms with Gasteiger partial charge in [-0.2, -0.15) is 5.10 Å². The third kappa shape index (κ3) is 4.46. The molecule has 25 heavy (non-hydrogen) atoms. The first kappa shape index (κ1) is 17.2. The standard InChI is InChI=1S/C16H14F2N4O2S/c17-14-5-15(18)7-16(6-14)25(23,24)21-8-12-1-3-13(4-2-12)9-22-11-19-10-20-22/h1-7,10-11,21H,8-9H2. The molecule has 0 atom stereocenters. The molecule has 0 amide bonds. The van der Waals surface area contributed by atoms with Gasteiger partial charge in [-0.1, -0.05) is 24.3 Å². The molecular formula is C16H14F2N4O2S. The van der Waals surface area contributed by atoms with E-state index in [0.29, 0.717) is 18.2 Å². The number of hydrogen-bond acceptors (Lipinski definition) is 4. The zero-order chi connectivity index (χ0) is 17.9. The van der Waals surface area contributed by atoms with Crippen molar-refractivity contribution in [3.8, 4) is 0 Å². The molecule has 3 aromatic rings. The largest absolute Gasteiger partial charge is 0.249 e. The van der Waals surface area contributed by atoms with Gasteiger partial charge in [0.05, 0.1) is 11.4 Å². The van der Waals surface area contributed by atoms with Gasteiger partial charge in [-0.25, -0.2) is 31.6 Å².